The standard InChI is InChI=1S/C14H23NO3S/c1-3-12(2)11-19(17,18)15-14(9-10-16)13-7-5-4-6-8-13/h4-8,12,14-16H,3,9-11H2,1-2H3/t12?,14-/m1/s1. The molecule has 108 valence electrons. The first-order valence-corrected chi connectivity index (χ1v) is 8.29. The fourth-order valence-electron chi connectivity index (χ4n) is 1.87. The third kappa shape index (κ3) is 5.72. The third-order valence-electron chi connectivity index (χ3n) is 3.14. The van der Waals surface area contributed by atoms with Crippen LogP contribution in [-0.2, 0) is 10.0 Å². The van der Waals surface area contributed by atoms with E-state index in [4.69, 9.17) is 5.11 Å². The second kappa shape index (κ2) is 7.62. The van der Waals surface area contributed by atoms with Crippen molar-refractivity contribution in [1.29, 1.82) is 0 Å². The van der Waals surface area contributed by atoms with E-state index in [9.17, 15) is 8.42 Å². The van der Waals surface area contributed by atoms with Crippen LogP contribution in [0, 0.1) is 5.92 Å². The van der Waals surface area contributed by atoms with Gasteiger partial charge < -0.3 is 5.11 Å². The Morgan fingerprint density at radius 3 is 2.42 bits per heavy atom. The van der Waals surface area contributed by atoms with Gasteiger partial charge in [-0.25, -0.2) is 13.1 Å². The van der Waals surface area contributed by atoms with Crippen molar-refractivity contribution in [3.05, 3.63) is 35.9 Å². The number of aliphatic hydroxyl groups excluding tert-OH is 1. The van der Waals surface area contributed by atoms with Crippen LogP contribution in [-0.4, -0.2) is 25.9 Å². The van der Waals surface area contributed by atoms with Crippen molar-refractivity contribution in [2.45, 2.75) is 32.7 Å². The van der Waals surface area contributed by atoms with Crippen LogP contribution in [0.3, 0.4) is 0 Å². The number of sulfonamides is 1. The molecule has 0 spiro atoms. The molecular weight excluding hydrogens is 262 g/mol. The van der Waals surface area contributed by atoms with Gasteiger partial charge in [0.25, 0.3) is 0 Å². The maximum absolute atomic E-state index is 12.1. The summed E-state index contributed by atoms with van der Waals surface area (Å²) in [5.74, 6) is 0.251. The zero-order valence-electron chi connectivity index (χ0n) is 11.5. The summed E-state index contributed by atoms with van der Waals surface area (Å²) in [5, 5.41) is 9.09. The summed E-state index contributed by atoms with van der Waals surface area (Å²) in [5.41, 5.74) is 0.879. The van der Waals surface area contributed by atoms with E-state index >= 15 is 0 Å². The highest BCUT2D eigenvalue weighted by molar-refractivity contribution is 7.89. The SMILES string of the molecule is CCC(C)CS(=O)(=O)N[C@H](CCO)c1ccccc1. The molecule has 0 aliphatic heterocycles. The Morgan fingerprint density at radius 1 is 1.26 bits per heavy atom. The Bertz CT molecular complexity index is 459. The van der Waals surface area contributed by atoms with E-state index in [0.29, 0.717) is 6.42 Å². The minimum Gasteiger partial charge on any atom is -0.396 e. The topological polar surface area (TPSA) is 66.4 Å². The predicted molar refractivity (Wildman–Crippen MR) is 77.3 cm³/mol. The lowest BCUT2D eigenvalue weighted by molar-refractivity contribution is 0.272. The van der Waals surface area contributed by atoms with Crippen LogP contribution < -0.4 is 4.72 Å². The van der Waals surface area contributed by atoms with E-state index in [0.717, 1.165) is 12.0 Å². The van der Waals surface area contributed by atoms with Crippen molar-refractivity contribution in [2.24, 2.45) is 5.92 Å². The second-order valence-electron chi connectivity index (χ2n) is 4.89. The largest absolute Gasteiger partial charge is 0.396 e. The fraction of sp³-hybridized carbons (Fsp3) is 0.571. The highest BCUT2D eigenvalue weighted by Gasteiger charge is 2.20. The maximum atomic E-state index is 12.1. The molecule has 4 nitrogen and oxygen atoms in total. The first-order chi connectivity index (χ1) is 8.98. The summed E-state index contributed by atoms with van der Waals surface area (Å²) < 4.78 is 26.8. The van der Waals surface area contributed by atoms with Gasteiger partial charge in [0, 0.05) is 12.6 Å². The van der Waals surface area contributed by atoms with Crippen molar-refractivity contribution in [3.63, 3.8) is 0 Å². The molecule has 2 N–H and O–H groups in total. The quantitative estimate of drug-likeness (QED) is 0.768. The minimum absolute atomic E-state index is 0.0502. The van der Waals surface area contributed by atoms with Crippen molar-refractivity contribution >= 4 is 10.0 Å². The van der Waals surface area contributed by atoms with Gasteiger partial charge in [-0.05, 0) is 17.9 Å². The van der Waals surface area contributed by atoms with Gasteiger partial charge in [0.2, 0.25) is 10.0 Å². The maximum Gasteiger partial charge on any atom is 0.212 e. The van der Waals surface area contributed by atoms with Crippen molar-refractivity contribution < 1.29 is 13.5 Å². The Kier molecular flexibility index (Phi) is 6.48. The van der Waals surface area contributed by atoms with E-state index in [2.05, 4.69) is 4.72 Å². The monoisotopic (exact) mass is 285 g/mol. The molecule has 0 bridgehead atoms. The van der Waals surface area contributed by atoms with Gasteiger partial charge in [-0.15, -0.1) is 0 Å². The molecule has 19 heavy (non-hydrogen) atoms. The number of aliphatic hydroxyl groups is 1. The van der Waals surface area contributed by atoms with Gasteiger partial charge in [-0.2, -0.15) is 0 Å². The van der Waals surface area contributed by atoms with Crippen molar-refractivity contribution in [2.75, 3.05) is 12.4 Å². The van der Waals surface area contributed by atoms with Crippen LogP contribution in [0.5, 0.6) is 0 Å². The zero-order chi connectivity index (χ0) is 14.3. The van der Waals surface area contributed by atoms with Crippen LogP contribution in [0.15, 0.2) is 30.3 Å². The Morgan fingerprint density at radius 2 is 1.89 bits per heavy atom. The Balaban J connectivity index is 2.79. The van der Waals surface area contributed by atoms with Crippen molar-refractivity contribution in [3.8, 4) is 0 Å². The third-order valence-corrected chi connectivity index (χ3v) is 4.79. The summed E-state index contributed by atoms with van der Waals surface area (Å²) in [7, 11) is -3.32. The summed E-state index contributed by atoms with van der Waals surface area (Å²) in [6.45, 7) is 3.84. The Labute approximate surface area is 115 Å². The number of rotatable bonds is 8. The van der Waals surface area contributed by atoms with Gasteiger partial charge in [-0.1, -0.05) is 50.6 Å². The average Bonchev–Trinajstić information content (AvgIpc) is 2.38. The molecule has 1 aromatic rings. The number of hydrogen-bond donors (Lipinski definition) is 2. The molecule has 1 aromatic carbocycles. The van der Waals surface area contributed by atoms with Gasteiger partial charge in [-0.3, -0.25) is 0 Å². The van der Waals surface area contributed by atoms with E-state index in [1.54, 1.807) is 0 Å². The summed E-state index contributed by atoms with van der Waals surface area (Å²) in [6, 6.07) is 8.98. The van der Waals surface area contributed by atoms with Crippen LogP contribution in [0.25, 0.3) is 0 Å². The van der Waals surface area contributed by atoms with Gasteiger partial charge in [0.1, 0.15) is 0 Å². The lowest BCUT2D eigenvalue weighted by Gasteiger charge is -2.19. The molecular formula is C14H23NO3S. The molecule has 5 heteroatoms. The van der Waals surface area contributed by atoms with Crippen LogP contribution >= 0.6 is 0 Å². The molecule has 0 radical (unpaired) electrons. The molecule has 0 fully saturated rings. The average molecular weight is 285 g/mol. The first-order valence-electron chi connectivity index (χ1n) is 6.64. The predicted octanol–water partition coefficient (Wildman–Crippen LogP) is 2.08. The number of nitrogens with one attached hydrogen (secondary N) is 1. The Hall–Kier alpha value is -0.910. The number of benzene rings is 1. The summed E-state index contributed by atoms with van der Waals surface area (Å²) in [6.07, 6.45) is 1.21. The summed E-state index contributed by atoms with van der Waals surface area (Å²) in [4.78, 5) is 0. The second-order valence-corrected chi connectivity index (χ2v) is 6.69. The van der Waals surface area contributed by atoms with Crippen molar-refractivity contribution in [1.82, 2.24) is 4.72 Å². The van der Waals surface area contributed by atoms with E-state index < -0.39 is 10.0 Å². The molecule has 0 heterocycles. The highest BCUT2D eigenvalue weighted by atomic mass is 32.2. The molecule has 0 aliphatic rings. The van der Waals surface area contributed by atoms with E-state index in [-0.39, 0.29) is 24.3 Å². The van der Waals surface area contributed by atoms with Crippen LogP contribution in [0.1, 0.15) is 38.3 Å². The molecule has 1 unspecified atom stereocenters. The molecule has 1 rings (SSSR count). The number of hydrogen-bond acceptors (Lipinski definition) is 3. The molecule has 0 amide bonds. The fourth-order valence-corrected chi connectivity index (χ4v) is 3.63. The summed E-state index contributed by atoms with van der Waals surface area (Å²) >= 11 is 0. The normalized spacial score (nSPS) is 15.1. The first kappa shape index (κ1) is 16.1. The van der Waals surface area contributed by atoms with Gasteiger partial charge >= 0.3 is 0 Å². The lowest BCUT2D eigenvalue weighted by atomic mass is 10.1. The minimum atomic E-state index is -3.32. The molecule has 0 aliphatic carbocycles. The van der Waals surface area contributed by atoms with Gasteiger partial charge in [0.15, 0.2) is 0 Å². The van der Waals surface area contributed by atoms with Crippen LogP contribution in [0.4, 0.5) is 0 Å². The molecule has 0 saturated carbocycles. The molecule has 2 atom stereocenters. The smallest absolute Gasteiger partial charge is 0.212 e. The zero-order valence-corrected chi connectivity index (χ0v) is 12.4. The molecule has 0 aromatic heterocycles. The van der Waals surface area contributed by atoms with Gasteiger partial charge in [0.05, 0.1) is 5.75 Å². The molecule has 0 saturated heterocycles. The lowest BCUT2D eigenvalue weighted by Crippen LogP contribution is -2.33. The van der Waals surface area contributed by atoms with E-state index in [1.807, 2.05) is 44.2 Å². The van der Waals surface area contributed by atoms with Crippen LogP contribution in [0.2, 0.25) is 0 Å². The highest BCUT2D eigenvalue weighted by Crippen LogP contribution is 2.18. The van der Waals surface area contributed by atoms with E-state index in [1.165, 1.54) is 0 Å².